The third kappa shape index (κ3) is 4.99. The van der Waals surface area contributed by atoms with Crippen molar-refractivity contribution in [2.24, 2.45) is 0 Å². The molecule has 0 radical (unpaired) electrons. The topological polar surface area (TPSA) is 29.5 Å². The van der Waals surface area contributed by atoms with Crippen molar-refractivity contribution in [2.45, 2.75) is 38.9 Å². The first-order valence-corrected chi connectivity index (χ1v) is 4.14. The van der Waals surface area contributed by atoms with E-state index < -0.39 is 6.10 Å². The van der Waals surface area contributed by atoms with Gasteiger partial charge < -0.3 is 9.84 Å². The van der Waals surface area contributed by atoms with Crippen LogP contribution in [-0.2, 0) is 4.74 Å². The summed E-state index contributed by atoms with van der Waals surface area (Å²) in [7, 11) is 0. The van der Waals surface area contributed by atoms with Gasteiger partial charge >= 0.3 is 0 Å². The zero-order valence-electron chi connectivity index (χ0n) is 7.42. The van der Waals surface area contributed by atoms with Gasteiger partial charge in [0.25, 0.3) is 0 Å². The van der Waals surface area contributed by atoms with Crippen LogP contribution >= 0.6 is 0 Å². The van der Waals surface area contributed by atoms with Crippen molar-refractivity contribution in [3.63, 3.8) is 0 Å². The molecule has 0 aromatic carbocycles. The van der Waals surface area contributed by atoms with Crippen molar-refractivity contribution in [2.75, 3.05) is 6.61 Å². The lowest BCUT2D eigenvalue weighted by Gasteiger charge is -2.15. The molecule has 0 spiro atoms. The van der Waals surface area contributed by atoms with Crippen LogP contribution in [0.25, 0.3) is 0 Å². The molecule has 0 rings (SSSR count). The fourth-order valence-electron chi connectivity index (χ4n) is 0.768. The third-order valence-corrected chi connectivity index (χ3v) is 1.52. The third-order valence-electron chi connectivity index (χ3n) is 1.52. The summed E-state index contributed by atoms with van der Waals surface area (Å²) in [5.74, 6) is 0. The molecule has 11 heavy (non-hydrogen) atoms. The Bertz CT molecular complexity index is 99.7. The lowest BCUT2D eigenvalue weighted by Crippen LogP contribution is -2.24. The molecule has 0 aliphatic heterocycles. The highest BCUT2D eigenvalue weighted by molar-refractivity contribution is 4.83. The van der Waals surface area contributed by atoms with Crippen LogP contribution in [-0.4, -0.2) is 23.9 Å². The number of aliphatic hydroxyl groups excluding tert-OH is 1. The zero-order valence-corrected chi connectivity index (χ0v) is 7.42. The number of unbranched alkanes of at least 4 members (excludes halogenated alkanes) is 1. The van der Waals surface area contributed by atoms with E-state index in [-0.39, 0.29) is 6.10 Å². The minimum atomic E-state index is -0.454. The standard InChI is InChI=1S/C9H18O2/c1-4-6-7-11-9(5-2)8(3)10/h5,8-10H,2,4,6-7H2,1,3H3. The summed E-state index contributed by atoms with van der Waals surface area (Å²) in [6.45, 7) is 8.09. The van der Waals surface area contributed by atoms with E-state index in [0.29, 0.717) is 6.61 Å². The summed E-state index contributed by atoms with van der Waals surface area (Å²) in [6, 6.07) is 0. The molecule has 0 aromatic rings. The van der Waals surface area contributed by atoms with E-state index in [2.05, 4.69) is 13.5 Å². The molecular formula is C9H18O2. The molecule has 0 fully saturated rings. The van der Waals surface area contributed by atoms with Gasteiger partial charge in [0.05, 0.1) is 6.10 Å². The summed E-state index contributed by atoms with van der Waals surface area (Å²) < 4.78 is 5.33. The predicted octanol–water partition coefficient (Wildman–Crippen LogP) is 1.74. The lowest BCUT2D eigenvalue weighted by molar-refractivity contribution is -0.00198. The molecule has 0 heterocycles. The maximum absolute atomic E-state index is 9.12. The van der Waals surface area contributed by atoms with Gasteiger partial charge in [0, 0.05) is 6.61 Å². The molecule has 0 bridgehead atoms. The molecule has 2 atom stereocenters. The van der Waals surface area contributed by atoms with Crippen LogP contribution in [0, 0.1) is 0 Å². The summed E-state index contributed by atoms with van der Waals surface area (Å²) in [6.07, 6.45) is 3.13. The quantitative estimate of drug-likeness (QED) is 0.471. The van der Waals surface area contributed by atoms with Gasteiger partial charge in [-0.2, -0.15) is 0 Å². The number of hydrogen-bond acceptors (Lipinski definition) is 2. The maximum atomic E-state index is 9.12. The van der Waals surface area contributed by atoms with Crippen molar-refractivity contribution in [1.82, 2.24) is 0 Å². The van der Waals surface area contributed by atoms with Crippen molar-refractivity contribution >= 4 is 0 Å². The van der Waals surface area contributed by atoms with Gasteiger partial charge in [-0.05, 0) is 13.3 Å². The van der Waals surface area contributed by atoms with Crippen LogP contribution in [0.3, 0.4) is 0 Å². The average molecular weight is 158 g/mol. The highest BCUT2D eigenvalue weighted by atomic mass is 16.5. The van der Waals surface area contributed by atoms with Crippen molar-refractivity contribution in [3.05, 3.63) is 12.7 Å². The van der Waals surface area contributed by atoms with E-state index in [0.717, 1.165) is 12.8 Å². The van der Waals surface area contributed by atoms with E-state index in [1.807, 2.05) is 0 Å². The molecule has 2 unspecified atom stereocenters. The molecular weight excluding hydrogens is 140 g/mol. The Morgan fingerprint density at radius 2 is 2.27 bits per heavy atom. The fraction of sp³-hybridized carbons (Fsp3) is 0.778. The Hall–Kier alpha value is -0.340. The minimum absolute atomic E-state index is 0.207. The smallest absolute Gasteiger partial charge is 0.101 e. The maximum Gasteiger partial charge on any atom is 0.101 e. The second kappa shape index (κ2) is 6.38. The summed E-state index contributed by atoms with van der Waals surface area (Å²) in [4.78, 5) is 0. The fourth-order valence-corrected chi connectivity index (χ4v) is 0.768. The van der Waals surface area contributed by atoms with Gasteiger partial charge in [-0.15, -0.1) is 6.58 Å². The normalized spacial score (nSPS) is 15.9. The van der Waals surface area contributed by atoms with Crippen LogP contribution in [0.5, 0.6) is 0 Å². The van der Waals surface area contributed by atoms with Gasteiger partial charge in [-0.3, -0.25) is 0 Å². The van der Waals surface area contributed by atoms with Gasteiger partial charge in [0.15, 0.2) is 0 Å². The molecule has 0 aromatic heterocycles. The minimum Gasteiger partial charge on any atom is -0.390 e. The molecule has 0 amide bonds. The molecule has 0 aliphatic carbocycles. The van der Waals surface area contributed by atoms with Crippen LogP contribution in [0.1, 0.15) is 26.7 Å². The Labute approximate surface area is 68.9 Å². The second-order valence-corrected chi connectivity index (χ2v) is 2.67. The first-order valence-electron chi connectivity index (χ1n) is 4.14. The Kier molecular flexibility index (Phi) is 6.18. The molecule has 0 saturated carbocycles. The van der Waals surface area contributed by atoms with Crippen molar-refractivity contribution in [1.29, 1.82) is 0 Å². The van der Waals surface area contributed by atoms with Crippen molar-refractivity contribution < 1.29 is 9.84 Å². The molecule has 2 heteroatoms. The first kappa shape index (κ1) is 10.7. The Morgan fingerprint density at radius 1 is 1.64 bits per heavy atom. The van der Waals surface area contributed by atoms with Crippen LogP contribution in [0.2, 0.25) is 0 Å². The summed E-state index contributed by atoms with van der Waals surface area (Å²) in [5.41, 5.74) is 0. The number of rotatable bonds is 6. The number of ether oxygens (including phenoxy) is 1. The molecule has 2 nitrogen and oxygen atoms in total. The van der Waals surface area contributed by atoms with E-state index in [9.17, 15) is 0 Å². The van der Waals surface area contributed by atoms with Crippen LogP contribution in [0.4, 0.5) is 0 Å². The lowest BCUT2D eigenvalue weighted by atomic mass is 10.2. The van der Waals surface area contributed by atoms with E-state index in [1.165, 1.54) is 0 Å². The SMILES string of the molecule is C=CC(OCCCC)C(C)O. The van der Waals surface area contributed by atoms with Crippen LogP contribution in [0.15, 0.2) is 12.7 Å². The second-order valence-electron chi connectivity index (χ2n) is 2.67. The summed E-state index contributed by atoms with van der Waals surface area (Å²) >= 11 is 0. The zero-order chi connectivity index (χ0) is 8.69. The van der Waals surface area contributed by atoms with Gasteiger partial charge in [-0.25, -0.2) is 0 Å². The monoisotopic (exact) mass is 158 g/mol. The highest BCUT2D eigenvalue weighted by Crippen LogP contribution is 2.01. The molecule has 1 N–H and O–H groups in total. The Morgan fingerprint density at radius 3 is 2.64 bits per heavy atom. The van der Waals surface area contributed by atoms with E-state index >= 15 is 0 Å². The summed E-state index contributed by atoms with van der Waals surface area (Å²) in [5, 5.41) is 9.12. The van der Waals surface area contributed by atoms with Crippen LogP contribution < -0.4 is 0 Å². The Balaban J connectivity index is 3.44. The average Bonchev–Trinajstić information content (AvgIpc) is 1.97. The first-order chi connectivity index (χ1) is 5.22. The molecule has 0 aliphatic rings. The molecule has 0 saturated heterocycles. The van der Waals surface area contributed by atoms with E-state index in [1.54, 1.807) is 13.0 Å². The highest BCUT2D eigenvalue weighted by Gasteiger charge is 2.09. The number of aliphatic hydroxyl groups is 1. The largest absolute Gasteiger partial charge is 0.390 e. The van der Waals surface area contributed by atoms with Crippen molar-refractivity contribution in [3.8, 4) is 0 Å². The van der Waals surface area contributed by atoms with Gasteiger partial charge in [0.1, 0.15) is 6.10 Å². The van der Waals surface area contributed by atoms with E-state index in [4.69, 9.17) is 9.84 Å². The predicted molar refractivity (Wildman–Crippen MR) is 46.5 cm³/mol. The number of hydrogen-bond donors (Lipinski definition) is 1. The molecule has 66 valence electrons. The van der Waals surface area contributed by atoms with Gasteiger partial charge in [0.2, 0.25) is 0 Å². The van der Waals surface area contributed by atoms with Gasteiger partial charge in [-0.1, -0.05) is 19.4 Å².